The number of hydrogen-bond donors (Lipinski definition) is 0. The number of rotatable bonds is 3. The molecule has 76 valence electrons. The number of hydrogen-bond acceptors (Lipinski definition) is 3. The summed E-state index contributed by atoms with van der Waals surface area (Å²) in [5, 5.41) is 0. The molecule has 0 amide bonds. The first-order chi connectivity index (χ1) is 6.76. The summed E-state index contributed by atoms with van der Waals surface area (Å²) in [4.78, 5) is 0. The molecule has 0 aromatic heterocycles. The first kappa shape index (κ1) is 9.80. The van der Waals surface area contributed by atoms with E-state index in [1.807, 2.05) is 12.1 Å². The Bertz CT molecular complexity index is 347. The Kier molecular flexibility index (Phi) is 2.65. The van der Waals surface area contributed by atoms with Crippen LogP contribution in [0.15, 0.2) is 16.6 Å². The lowest BCUT2D eigenvalue weighted by Crippen LogP contribution is -1.93. The van der Waals surface area contributed by atoms with Crippen LogP contribution in [0.4, 0.5) is 0 Å². The van der Waals surface area contributed by atoms with Gasteiger partial charge in [-0.2, -0.15) is 0 Å². The fraction of sp³-hybridized carbons (Fsp3) is 0.400. The monoisotopic (exact) mass is 258 g/mol. The molecular formula is C10H11BrO3. The van der Waals surface area contributed by atoms with Gasteiger partial charge in [-0.3, -0.25) is 0 Å². The molecule has 14 heavy (non-hydrogen) atoms. The number of epoxide rings is 1. The topological polar surface area (TPSA) is 31.0 Å². The molecular weight excluding hydrogens is 248 g/mol. The van der Waals surface area contributed by atoms with Crippen LogP contribution in [-0.2, 0) is 4.74 Å². The molecule has 3 nitrogen and oxygen atoms in total. The summed E-state index contributed by atoms with van der Waals surface area (Å²) in [6.07, 6.45) is 0.228. The van der Waals surface area contributed by atoms with Gasteiger partial charge < -0.3 is 14.2 Å². The van der Waals surface area contributed by atoms with Crippen LogP contribution < -0.4 is 9.47 Å². The van der Waals surface area contributed by atoms with Gasteiger partial charge in [-0.05, 0) is 33.6 Å². The molecule has 0 spiro atoms. The number of ether oxygens (including phenoxy) is 3. The lowest BCUT2D eigenvalue weighted by molar-refractivity contribution is 0.351. The SMILES string of the molecule is COc1cc(C2CO2)cc(Br)c1OC. The number of benzene rings is 1. The van der Waals surface area contributed by atoms with Gasteiger partial charge in [-0.15, -0.1) is 0 Å². The molecule has 1 aromatic rings. The molecule has 1 aromatic carbocycles. The Hall–Kier alpha value is -0.740. The van der Waals surface area contributed by atoms with E-state index in [0.29, 0.717) is 0 Å². The zero-order valence-electron chi connectivity index (χ0n) is 8.04. The lowest BCUT2D eigenvalue weighted by atomic mass is 10.1. The third kappa shape index (κ3) is 1.72. The third-order valence-electron chi connectivity index (χ3n) is 2.16. The van der Waals surface area contributed by atoms with E-state index in [0.717, 1.165) is 28.1 Å². The molecule has 0 radical (unpaired) electrons. The second-order valence-electron chi connectivity index (χ2n) is 3.06. The normalized spacial score (nSPS) is 19.2. The molecule has 0 saturated carbocycles. The Morgan fingerprint density at radius 2 is 2.07 bits per heavy atom. The molecule has 2 rings (SSSR count). The van der Waals surface area contributed by atoms with E-state index in [2.05, 4.69) is 15.9 Å². The Balaban J connectivity index is 2.43. The van der Waals surface area contributed by atoms with Crippen molar-refractivity contribution >= 4 is 15.9 Å². The Labute approximate surface area is 91.1 Å². The molecule has 1 aliphatic rings. The van der Waals surface area contributed by atoms with Crippen LogP contribution in [0.2, 0.25) is 0 Å². The van der Waals surface area contributed by atoms with Crippen LogP contribution in [-0.4, -0.2) is 20.8 Å². The van der Waals surface area contributed by atoms with E-state index in [1.54, 1.807) is 14.2 Å². The highest BCUT2D eigenvalue weighted by Crippen LogP contribution is 2.41. The van der Waals surface area contributed by atoms with Crippen LogP contribution in [0.25, 0.3) is 0 Å². The molecule has 1 saturated heterocycles. The molecule has 0 bridgehead atoms. The largest absolute Gasteiger partial charge is 0.493 e. The summed E-state index contributed by atoms with van der Waals surface area (Å²) in [6.45, 7) is 0.794. The predicted octanol–water partition coefficient (Wildman–Crippen LogP) is 2.54. The van der Waals surface area contributed by atoms with Crippen molar-refractivity contribution in [3.05, 3.63) is 22.2 Å². The highest BCUT2D eigenvalue weighted by Gasteiger charge is 2.26. The van der Waals surface area contributed by atoms with Crippen LogP contribution in [0.3, 0.4) is 0 Å². The highest BCUT2D eigenvalue weighted by molar-refractivity contribution is 9.10. The minimum Gasteiger partial charge on any atom is -0.493 e. The second-order valence-corrected chi connectivity index (χ2v) is 3.91. The molecule has 0 aliphatic carbocycles. The minimum absolute atomic E-state index is 0.228. The maximum atomic E-state index is 5.23. The fourth-order valence-corrected chi connectivity index (χ4v) is 1.99. The van der Waals surface area contributed by atoms with Gasteiger partial charge in [-0.25, -0.2) is 0 Å². The zero-order valence-corrected chi connectivity index (χ0v) is 9.63. The first-order valence-corrected chi connectivity index (χ1v) is 5.08. The molecule has 4 heteroatoms. The molecule has 1 aliphatic heterocycles. The van der Waals surface area contributed by atoms with Crippen molar-refractivity contribution in [3.8, 4) is 11.5 Å². The summed E-state index contributed by atoms with van der Waals surface area (Å²) >= 11 is 3.43. The van der Waals surface area contributed by atoms with Gasteiger partial charge in [0.25, 0.3) is 0 Å². The summed E-state index contributed by atoms with van der Waals surface area (Å²) in [7, 11) is 3.25. The Morgan fingerprint density at radius 3 is 2.57 bits per heavy atom. The van der Waals surface area contributed by atoms with Crippen molar-refractivity contribution in [1.29, 1.82) is 0 Å². The minimum atomic E-state index is 0.228. The van der Waals surface area contributed by atoms with Gasteiger partial charge >= 0.3 is 0 Å². The van der Waals surface area contributed by atoms with Gasteiger partial charge in [0, 0.05) is 0 Å². The van der Waals surface area contributed by atoms with Gasteiger partial charge in [0.1, 0.15) is 6.10 Å². The predicted molar refractivity (Wildman–Crippen MR) is 55.9 cm³/mol. The van der Waals surface area contributed by atoms with E-state index in [4.69, 9.17) is 14.2 Å². The van der Waals surface area contributed by atoms with Crippen molar-refractivity contribution < 1.29 is 14.2 Å². The van der Waals surface area contributed by atoms with E-state index in [-0.39, 0.29) is 6.10 Å². The standard InChI is InChI=1S/C10H11BrO3/c1-12-8-4-6(9-5-14-9)3-7(11)10(8)13-2/h3-4,9H,5H2,1-2H3. The summed E-state index contributed by atoms with van der Waals surface area (Å²) in [5.41, 5.74) is 1.12. The van der Waals surface area contributed by atoms with Gasteiger partial charge in [-0.1, -0.05) is 0 Å². The van der Waals surface area contributed by atoms with E-state index >= 15 is 0 Å². The van der Waals surface area contributed by atoms with Crippen molar-refractivity contribution in [2.45, 2.75) is 6.10 Å². The van der Waals surface area contributed by atoms with Crippen LogP contribution >= 0.6 is 15.9 Å². The van der Waals surface area contributed by atoms with Crippen molar-refractivity contribution in [2.24, 2.45) is 0 Å². The van der Waals surface area contributed by atoms with Gasteiger partial charge in [0.05, 0.1) is 25.3 Å². The molecule has 1 unspecified atom stereocenters. The average Bonchev–Trinajstić information content (AvgIpc) is 2.99. The zero-order chi connectivity index (χ0) is 10.1. The summed E-state index contributed by atoms with van der Waals surface area (Å²) in [6, 6.07) is 3.94. The van der Waals surface area contributed by atoms with Gasteiger partial charge in [0.2, 0.25) is 0 Å². The fourth-order valence-electron chi connectivity index (χ4n) is 1.36. The molecule has 0 N–H and O–H groups in total. The van der Waals surface area contributed by atoms with Crippen LogP contribution in [0, 0.1) is 0 Å². The lowest BCUT2D eigenvalue weighted by Gasteiger charge is -2.10. The second kappa shape index (κ2) is 3.79. The maximum Gasteiger partial charge on any atom is 0.174 e. The third-order valence-corrected chi connectivity index (χ3v) is 2.75. The summed E-state index contributed by atoms with van der Waals surface area (Å²) < 4.78 is 16.5. The molecule has 1 fully saturated rings. The first-order valence-electron chi connectivity index (χ1n) is 4.29. The van der Waals surface area contributed by atoms with Crippen LogP contribution in [0.5, 0.6) is 11.5 Å². The quantitative estimate of drug-likeness (QED) is 0.781. The molecule has 1 heterocycles. The number of methoxy groups -OCH3 is 2. The number of halogens is 1. The smallest absolute Gasteiger partial charge is 0.174 e. The van der Waals surface area contributed by atoms with Crippen LogP contribution in [0.1, 0.15) is 11.7 Å². The molecule has 1 atom stereocenters. The summed E-state index contributed by atoms with van der Waals surface area (Å²) in [5.74, 6) is 1.45. The van der Waals surface area contributed by atoms with Crippen molar-refractivity contribution in [3.63, 3.8) is 0 Å². The van der Waals surface area contributed by atoms with E-state index < -0.39 is 0 Å². The Morgan fingerprint density at radius 1 is 1.36 bits per heavy atom. The van der Waals surface area contributed by atoms with E-state index in [1.165, 1.54) is 0 Å². The average molecular weight is 259 g/mol. The highest BCUT2D eigenvalue weighted by atomic mass is 79.9. The van der Waals surface area contributed by atoms with Crippen molar-refractivity contribution in [2.75, 3.05) is 20.8 Å². The maximum absolute atomic E-state index is 5.23. The van der Waals surface area contributed by atoms with Gasteiger partial charge in [0.15, 0.2) is 11.5 Å². The van der Waals surface area contributed by atoms with Crippen molar-refractivity contribution in [1.82, 2.24) is 0 Å². The van der Waals surface area contributed by atoms with E-state index in [9.17, 15) is 0 Å².